The Labute approximate surface area is 97.9 Å². The Bertz CT molecular complexity index is 252. The number of amides is 1. The van der Waals surface area contributed by atoms with Crippen LogP contribution in [0.2, 0.25) is 0 Å². The average molecular weight is 228 g/mol. The molecule has 1 aliphatic rings. The molecule has 4 heteroatoms. The third-order valence-corrected chi connectivity index (χ3v) is 2.79. The van der Waals surface area contributed by atoms with Crippen molar-refractivity contribution >= 4 is 6.09 Å². The van der Waals surface area contributed by atoms with Gasteiger partial charge in [-0.15, -0.1) is 0 Å². The number of rotatable bonds is 3. The SMILES string of the molecule is C[C@@H](N)CC1(NC(=O)OC(C)(C)C)CCC1. The molecule has 0 bridgehead atoms. The Morgan fingerprint density at radius 1 is 1.50 bits per heavy atom. The minimum atomic E-state index is -0.441. The third kappa shape index (κ3) is 4.00. The van der Waals surface area contributed by atoms with Crippen LogP contribution in [0.15, 0.2) is 0 Å². The highest BCUT2D eigenvalue weighted by molar-refractivity contribution is 5.69. The van der Waals surface area contributed by atoms with E-state index in [4.69, 9.17) is 10.5 Å². The van der Waals surface area contributed by atoms with Crippen LogP contribution >= 0.6 is 0 Å². The molecular weight excluding hydrogens is 204 g/mol. The smallest absolute Gasteiger partial charge is 0.408 e. The van der Waals surface area contributed by atoms with Crippen LogP contribution in [0.25, 0.3) is 0 Å². The number of carbonyl (C=O) groups is 1. The fourth-order valence-electron chi connectivity index (χ4n) is 2.12. The van der Waals surface area contributed by atoms with Gasteiger partial charge in [-0.3, -0.25) is 0 Å². The summed E-state index contributed by atoms with van der Waals surface area (Å²) in [5, 5.41) is 2.98. The van der Waals surface area contributed by atoms with Gasteiger partial charge in [0.05, 0.1) is 0 Å². The number of nitrogens with two attached hydrogens (primary N) is 1. The molecule has 0 aromatic rings. The first kappa shape index (κ1) is 13.3. The van der Waals surface area contributed by atoms with Gasteiger partial charge in [-0.25, -0.2) is 4.79 Å². The molecule has 0 aromatic carbocycles. The molecule has 0 aliphatic heterocycles. The van der Waals surface area contributed by atoms with E-state index < -0.39 is 5.60 Å². The van der Waals surface area contributed by atoms with Crippen molar-refractivity contribution < 1.29 is 9.53 Å². The summed E-state index contributed by atoms with van der Waals surface area (Å²) in [5.41, 5.74) is 5.24. The predicted octanol–water partition coefficient (Wildman–Crippen LogP) is 2.17. The monoisotopic (exact) mass is 228 g/mol. The van der Waals surface area contributed by atoms with Crippen molar-refractivity contribution in [1.29, 1.82) is 0 Å². The maximum Gasteiger partial charge on any atom is 0.408 e. The largest absolute Gasteiger partial charge is 0.444 e. The number of hydrogen-bond acceptors (Lipinski definition) is 3. The highest BCUT2D eigenvalue weighted by Crippen LogP contribution is 2.35. The van der Waals surface area contributed by atoms with E-state index in [2.05, 4.69) is 5.32 Å². The topological polar surface area (TPSA) is 64.3 Å². The second-order valence-electron chi connectivity index (χ2n) is 5.94. The summed E-state index contributed by atoms with van der Waals surface area (Å²) in [6.07, 6.45) is 3.67. The Hall–Kier alpha value is -0.770. The highest BCUT2D eigenvalue weighted by atomic mass is 16.6. The van der Waals surface area contributed by atoms with Crippen LogP contribution in [0.1, 0.15) is 53.4 Å². The van der Waals surface area contributed by atoms with Gasteiger partial charge >= 0.3 is 6.09 Å². The van der Waals surface area contributed by atoms with Crippen LogP contribution in [0.3, 0.4) is 0 Å². The molecular formula is C12H24N2O2. The average Bonchev–Trinajstić information content (AvgIpc) is 1.95. The number of ether oxygens (including phenoxy) is 1. The summed E-state index contributed by atoms with van der Waals surface area (Å²) >= 11 is 0. The van der Waals surface area contributed by atoms with Gasteiger partial charge in [-0.1, -0.05) is 0 Å². The molecule has 0 saturated heterocycles. The van der Waals surface area contributed by atoms with Crippen molar-refractivity contribution in [3.63, 3.8) is 0 Å². The Morgan fingerprint density at radius 3 is 2.38 bits per heavy atom. The molecule has 1 aliphatic carbocycles. The van der Waals surface area contributed by atoms with Gasteiger partial charge in [-0.05, 0) is 53.4 Å². The lowest BCUT2D eigenvalue weighted by Crippen LogP contribution is -2.56. The summed E-state index contributed by atoms with van der Waals surface area (Å²) < 4.78 is 5.26. The van der Waals surface area contributed by atoms with Crippen LogP contribution in [-0.2, 0) is 4.74 Å². The summed E-state index contributed by atoms with van der Waals surface area (Å²) in [6.45, 7) is 7.57. The molecule has 0 radical (unpaired) electrons. The standard InChI is InChI=1S/C12H24N2O2/c1-9(13)8-12(6-5-7-12)14-10(15)16-11(2,3)4/h9H,5-8,13H2,1-4H3,(H,14,15)/t9-/m1/s1. The molecule has 0 aromatic heterocycles. The Balaban J connectivity index is 2.47. The lowest BCUT2D eigenvalue weighted by molar-refractivity contribution is 0.0364. The Kier molecular flexibility index (Phi) is 3.84. The molecule has 1 amide bonds. The molecule has 1 atom stereocenters. The maximum atomic E-state index is 11.7. The van der Waals surface area contributed by atoms with E-state index in [-0.39, 0.29) is 17.7 Å². The van der Waals surface area contributed by atoms with Crippen molar-refractivity contribution in [2.75, 3.05) is 0 Å². The zero-order chi connectivity index (χ0) is 12.4. The molecule has 4 nitrogen and oxygen atoms in total. The molecule has 94 valence electrons. The Morgan fingerprint density at radius 2 is 2.06 bits per heavy atom. The van der Waals surface area contributed by atoms with Crippen molar-refractivity contribution in [2.24, 2.45) is 5.73 Å². The summed E-state index contributed by atoms with van der Waals surface area (Å²) in [4.78, 5) is 11.7. The van der Waals surface area contributed by atoms with Gasteiger partial charge < -0.3 is 15.8 Å². The minimum absolute atomic E-state index is 0.107. The van der Waals surface area contributed by atoms with Gasteiger partial charge in [0.1, 0.15) is 5.60 Å². The first-order valence-electron chi connectivity index (χ1n) is 5.99. The number of carbonyl (C=O) groups excluding carboxylic acids is 1. The second kappa shape index (κ2) is 4.62. The van der Waals surface area contributed by atoms with Crippen molar-refractivity contribution in [3.05, 3.63) is 0 Å². The number of nitrogens with one attached hydrogen (secondary N) is 1. The molecule has 1 rings (SSSR count). The van der Waals surface area contributed by atoms with Gasteiger partial charge in [0.15, 0.2) is 0 Å². The van der Waals surface area contributed by atoms with Gasteiger partial charge in [0.2, 0.25) is 0 Å². The van der Waals surface area contributed by atoms with E-state index in [1.54, 1.807) is 0 Å². The van der Waals surface area contributed by atoms with Crippen molar-refractivity contribution in [3.8, 4) is 0 Å². The first-order valence-corrected chi connectivity index (χ1v) is 5.99. The number of hydrogen-bond donors (Lipinski definition) is 2. The van der Waals surface area contributed by atoms with E-state index in [0.29, 0.717) is 0 Å². The molecule has 3 N–H and O–H groups in total. The van der Waals surface area contributed by atoms with E-state index in [1.807, 2.05) is 27.7 Å². The van der Waals surface area contributed by atoms with E-state index in [0.717, 1.165) is 25.7 Å². The van der Waals surface area contributed by atoms with Crippen LogP contribution in [0, 0.1) is 0 Å². The normalized spacial score (nSPS) is 20.8. The van der Waals surface area contributed by atoms with E-state index in [1.165, 1.54) is 0 Å². The maximum absolute atomic E-state index is 11.7. The first-order chi connectivity index (χ1) is 7.22. The van der Waals surface area contributed by atoms with Crippen LogP contribution in [0.4, 0.5) is 4.79 Å². The van der Waals surface area contributed by atoms with Crippen LogP contribution in [-0.4, -0.2) is 23.3 Å². The van der Waals surface area contributed by atoms with Gasteiger partial charge in [0, 0.05) is 11.6 Å². The molecule has 0 spiro atoms. The highest BCUT2D eigenvalue weighted by Gasteiger charge is 2.39. The summed E-state index contributed by atoms with van der Waals surface area (Å²) in [5.74, 6) is 0. The molecule has 1 fully saturated rings. The zero-order valence-electron chi connectivity index (χ0n) is 10.8. The van der Waals surface area contributed by atoms with Gasteiger partial charge in [0.25, 0.3) is 0 Å². The summed E-state index contributed by atoms with van der Waals surface area (Å²) in [6, 6.07) is 0.107. The minimum Gasteiger partial charge on any atom is -0.444 e. The zero-order valence-corrected chi connectivity index (χ0v) is 10.8. The van der Waals surface area contributed by atoms with Gasteiger partial charge in [-0.2, -0.15) is 0 Å². The molecule has 0 heterocycles. The second-order valence-corrected chi connectivity index (χ2v) is 5.94. The number of alkyl carbamates (subject to hydrolysis) is 1. The molecule has 16 heavy (non-hydrogen) atoms. The van der Waals surface area contributed by atoms with Crippen molar-refractivity contribution in [1.82, 2.24) is 5.32 Å². The fourth-order valence-corrected chi connectivity index (χ4v) is 2.12. The fraction of sp³-hybridized carbons (Fsp3) is 0.917. The van der Waals surface area contributed by atoms with E-state index >= 15 is 0 Å². The molecule has 0 unspecified atom stereocenters. The quantitative estimate of drug-likeness (QED) is 0.778. The third-order valence-electron chi connectivity index (χ3n) is 2.79. The molecule has 1 saturated carbocycles. The summed E-state index contributed by atoms with van der Waals surface area (Å²) in [7, 11) is 0. The lowest BCUT2D eigenvalue weighted by Gasteiger charge is -2.43. The van der Waals surface area contributed by atoms with Crippen molar-refractivity contribution in [2.45, 2.75) is 70.6 Å². The van der Waals surface area contributed by atoms with Crippen LogP contribution in [0.5, 0.6) is 0 Å². The predicted molar refractivity (Wildman–Crippen MR) is 64.2 cm³/mol. The van der Waals surface area contributed by atoms with Crippen LogP contribution < -0.4 is 11.1 Å². The lowest BCUT2D eigenvalue weighted by atomic mass is 9.73. The van der Waals surface area contributed by atoms with E-state index in [9.17, 15) is 4.79 Å².